The summed E-state index contributed by atoms with van der Waals surface area (Å²) in [5.41, 5.74) is 4.17. The average Bonchev–Trinajstić information content (AvgIpc) is 3.15. The molecule has 3 heterocycles. The molecule has 0 unspecified atom stereocenters. The zero-order chi connectivity index (χ0) is 17.8. The quantitative estimate of drug-likeness (QED) is 0.712. The van der Waals surface area contributed by atoms with Crippen LogP contribution in [0.1, 0.15) is 25.1 Å². The van der Waals surface area contributed by atoms with Crippen LogP contribution in [0.4, 0.5) is 5.69 Å². The van der Waals surface area contributed by atoms with Crippen LogP contribution in [0.3, 0.4) is 0 Å². The van der Waals surface area contributed by atoms with E-state index in [4.69, 9.17) is 4.42 Å². The highest BCUT2D eigenvalue weighted by Gasteiger charge is 2.42. The van der Waals surface area contributed by atoms with Crippen LogP contribution in [0.5, 0.6) is 0 Å². The van der Waals surface area contributed by atoms with E-state index in [1.165, 1.54) is 0 Å². The Balaban J connectivity index is 1.74. The number of rotatable bonds is 2. The summed E-state index contributed by atoms with van der Waals surface area (Å²) in [5, 5.41) is 0. The topological polar surface area (TPSA) is 59.2 Å². The molecule has 1 aliphatic heterocycles. The third kappa shape index (κ3) is 2.35. The van der Waals surface area contributed by atoms with E-state index in [1.807, 2.05) is 58.2 Å². The highest BCUT2D eigenvalue weighted by Crippen LogP contribution is 2.42. The molecular formula is C20H19N3O2. The second kappa shape index (κ2) is 5.28. The van der Waals surface area contributed by atoms with Crippen molar-refractivity contribution in [1.82, 2.24) is 9.97 Å². The fraction of sp³-hybridized carbons (Fsp3) is 0.250. The molecule has 1 aliphatic rings. The van der Waals surface area contributed by atoms with Gasteiger partial charge in [0.2, 0.25) is 11.8 Å². The molecule has 0 bridgehead atoms. The summed E-state index contributed by atoms with van der Waals surface area (Å²) >= 11 is 0. The third-order valence-corrected chi connectivity index (χ3v) is 4.81. The minimum Gasteiger partial charge on any atom is -0.436 e. The van der Waals surface area contributed by atoms with Gasteiger partial charge >= 0.3 is 0 Å². The van der Waals surface area contributed by atoms with E-state index in [9.17, 15) is 4.79 Å². The second-order valence-electron chi connectivity index (χ2n) is 6.94. The maximum absolute atomic E-state index is 12.4. The van der Waals surface area contributed by atoms with E-state index in [0.717, 1.165) is 28.1 Å². The average molecular weight is 333 g/mol. The number of carbonyl (C=O) groups is 1. The summed E-state index contributed by atoms with van der Waals surface area (Å²) in [6, 6.07) is 9.79. The molecule has 0 N–H and O–H groups in total. The van der Waals surface area contributed by atoms with Crippen molar-refractivity contribution in [3.63, 3.8) is 0 Å². The van der Waals surface area contributed by atoms with Gasteiger partial charge in [-0.2, -0.15) is 0 Å². The Morgan fingerprint density at radius 2 is 1.88 bits per heavy atom. The van der Waals surface area contributed by atoms with Crippen molar-refractivity contribution in [1.29, 1.82) is 0 Å². The lowest BCUT2D eigenvalue weighted by Crippen LogP contribution is -2.33. The number of hydrogen-bond donors (Lipinski definition) is 0. The number of aromatic nitrogens is 2. The molecule has 1 aromatic carbocycles. The second-order valence-corrected chi connectivity index (χ2v) is 6.94. The van der Waals surface area contributed by atoms with Crippen LogP contribution in [0.15, 0.2) is 47.1 Å². The first-order valence-corrected chi connectivity index (χ1v) is 8.20. The molecule has 3 aromatic rings. The number of amides is 1. The van der Waals surface area contributed by atoms with Gasteiger partial charge in [-0.05, 0) is 44.5 Å². The van der Waals surface area contributed by atoms with E-state index >= 15 is 0 Å². The van der Waals surface area contributed by atoms with Gasteiger partial charge in [0, 0.05) is 35.8 Å². The van der Waals surface area contributed by atoms with Gasteiger partial charge in [-0.1, -0.05) is 12.1 Å². The molecule has 0 spiro atoms. The van der Waals surface area contributed by atoms with Gasteiger partial charge in [0.05, 0.1) is 11.6 Å². The standard InChI is InChI=1S/C20H19N3O2/c1-12-9-14(7-8-21-12)18-22-11-17(25-18)13-5-6-15-16(10-13)23(4)19(24)20(15,2)3/h5-11H,1-4H3. The van der Waals surface area contributed by atoms with E-state index in [-0.39, 0.29) is 5.91 Å². The van der Waals surface area contributed by atoms with Crippen molar-refractivity contribution in [2.24, 2.45) is 0 Å². The number of aryl methyl sites for hydroxylation is 1. The molecule has 0 atom stereocenters. The normalized spacial score (nSPS) is 15.5. The molecule has 5 nitrogen and oxygen atoms in total. The van der Waals surface area contributed by atoms with Crippen LogP contribution in [-0.4, -0.2) is 22.9 Å². The number of pyridine rings is 1. The molecule has 0 saturated heterocycles. The van der Waals surface area contributed by atoms with Gasteiger partial charge in [-0.3, -0.25) is 9.78 Å². The van der Waals surface area contributed by atoms with Crippen molar-refractivity contribution in [2.45, 2.75) is 26.2 Å². The summed E-state index contributed by atoms with van der Waals surface area (Å²) in [4.78, 5) is 22.7. The lowest BCUT2D eigenvalue weighted by atomic mass is 9.86. The van der Waals surface area contributed by atoms with Gasteiger partial charge in [-0.15, -0.1) is 0 Å². The Hall–Kier alpha value is -2.95. The number of benzene rings is 1. The van der Waals surface area contributed by atoms with Crippen LogP contribution in [0.2, 0.25) is 0 Å². The number of fused-ring (bicyclic) bond motifs is 1. The third-order valence-electron chi connectivity index (χ3n) is 4.81. The van der Waals surface area contributed by atoms with Gasteiger partial charge < -0.3 is 9.32 Å². The van der Waals surface area contributed by atoms with Crippen LogP contribution < -0.4 is 4.90 Å². The zero-order valence-electron chi connectivity index (χ0n) is 14.7. The Morgan fingerprint density at radius 3 is 2.64 bits per heavy atom. The maximum atomic E-state index is 12.4. The summed E-state index contributed by atoms with van der Waals surface area (Å²) in [5.74, 6) is 1.34. The lowest BCUT2D eigenvalue weighted by Gasteiger charge is -2.16. The summed E-state index contributed by atoms with van der Waals surface area (Å²) in [7, 11) is 1.81. The fourth-order valence-electron chi connectivity index (χ4n) is 3.35. The van der Waals surface area contributed by atoms with E-state index in [0.29, 0.717) is 11.7 Å². The number of oxazole rings is 1. The summed E-state index contributed by atoms with van der Waals surface area (Å²) < 4.78 is 5.94. The van der Waals surface area contributed by atoms with E-state index in [1.54, 1.807) is 17.3 Å². The van der Waals surface area contributed by atoms with Crippen molar-refractivity contribution in [2.75, 3.05) is 11.9 Å². The van der Waals surface area contributed by atoms with Gasteiger partial charge in [-0.25, -0.2) is 4.98 Å². The summed E-state index contributed by atoms with van der Waals surface area (Å²) in [6.45, 7) is 5.84. The van der Waals surface area contributed by atoms with Crippen molar-refractivity contribution in [3.05, 3.63) is 54.0 Å². The number of carbonyl (C=O) groups excluding carboxylic acids is 1. The van der Waals surface area contributed by atoms with Gasteiger partial charge in [0.15, 0.2) is 5.76 Å². The Kier molecular flexibility index (Phi) is 3.29. The number of hydrogen-bond acceptors (Lipinski definition) is 4. The SMILES string of the molecule is Cc1cc(-c2ncc(-c3ccc4c(c3)N(C)C(=O)C4(C)C)o2)ccn1. The highest BCUT2D eigenvalue weighted by atomic mass is 16.4. The Morgan fingerprint density at radius 1 is 1.08 bits per heavy atom. The molecular weight excluding hydrogens is 314 g/mol. The molecule has 0 saturated carbocycles. The van der Waals surface area contributed by atoms with Crippen LogP contribution in [0, 0.1) is 6.92 Å². The van der Waals surface area contributed by atoms with Crippen LogP contribution in [0.25, 0.3) is 22.8 Å². The number of anilines is 1. The highest BCUT2D eigenvalue weighted by molar-refractivity contribution is 6.07. The maximum Gasteiger partial charge on any atom is 0.236 e. The molecule has 0 radical (unpaired) electrons. The monoisotopic (exact) mass is 333 g/mol. The molecule has 5 heteroatoms. The largest absolute Gasteiger partial charge is 0.436 e. The Labute approximate surface area is 146 Å². The Bertz CT molecular complexity index is 988. The first kappa shape index (κ1) is 15.6. The molecule has 25 heavy (non-hydrogen) atoms. The molecule has 4 rings (SSSR count). The summed E-state index contributed by atoms with van der Waals surface area (Å²) in [6.07, 6.45) is 3.46. The van der Waals surface area contributed by atoms with Crippen molar-refractivity contribution in [3.8, 4) is 22.8 Å². The fourth-order valence-corrected chi connectivity index (χ4v) is 3.35. The minimum atomic E-state index is -0.496. The van der Waals surface area contributed by atoms with Crippen molar-refractivity contribution < 1.29 is 9.21 Å². The predicted octanol–water partition coefficient (Wildman–Crippen LogP) is 3.97. The molecule has 0 aliphatic carbocycles. The first-order chi connectivity index (χ1) is 11.9. The molecule has 1 amide bonds. The first-order valence-electron chi connectivity index (χ1n) is 8.20. The van der Waals surface area contributed by atoms with Gasteiger partial charge in [0.25, 0.3) is 0 Å². The lowest BCUT2D eigenvalue weighted by molar-refractivity contribution is -0.121. The number of nitrogens with zero attached hydrogens (tertiary/aromatic N) is 3. The molecule has 2 aromatic heterocycles. The smallest absolute Gasteiger partial charge is 0.236 e. The van der Waals surface area contributed by atoms with Crippen LogP contribution >= 0.6 is 0 Å². The molecule has 126 valence electrons. The van der Waals surface area contributed by atoms with Crippen LogP contribution in [-0.2, 0) is 10.2 Å². The minimum absolute atomic E-state index is 0.102. The van der Waals surface area contributed by atoms with Gasteiger partial charge in [0.1, 0.15) is 0 Å². The van der Waals surface area contributed by atoms with E-state index < -0.39 is 5.41 Å². The zero-order valence-corrected chi connectivity index (χ0v) is 14.7. The predicted molar refractivity (Wildman–Crippen MR) is 96.3 cm³/mol. The number of likely N-dealkylation sites (N-methyl/N-ethyl adjacent to an activating group) is 1. The van der Waals surface area contributed by atoms with Crippen molar-refractivity contribution >= 4 is 11.6 Å². The van der Waals surface area contributed by atoms with E-state index in [2.05, 4.69) is 9.97 Å². The molecule has 0 fully saturated rings.